The SMILES string of the molecule is Cc1ccc(=O)n(-c2ccc(SC(C)C)cc2)c1. The number of rotatable bonds is 3. The Morgan fingerprint density at radius 2 is 1.72 bits per heavy atom. The number of aromatic nitrogens is 1. The molecule has 0 saturated carbocycles. The molecule has 0 radical (unpaired) electrons. The molecule has 1 aromatic carbocycles. The molecule has 0 spiro atoms. The predicted molar refractivity (Wildman–Crippen MR) is 77.8 cm³/mol. The topological polar surface area (TPSA) is 22.0 Å². The third kappa shape index (κ3) is 3.05. The van der Waals surface area contributed by atoms with Crippen molar-refractivity contribution in [2.24, 2.45) is 0 Å². The number of thioether (sulfide) groups is 1. The van der Waals surface area contributed by atoms with Gasteiger partial charge in [-0.1, -0.05) is 19.9 Å². The number of pyridine rings is 1. The van der Waals surface area contributed by atoms with Gasteiger partial charge in [-0.15, -0.1) is 11.8 Å². The molecule has 0 N–H and O–H groups in total. The van der Waals surface area contributed by atoms with Crippen molar-refractivity contribution in [3.8, 4) is 5.69 Å². The van der Waals surface area contributed by atoms with Crippen molar-refractivity contribution >= 4 is 11.8 Å². The van der Waals surface area contributed by atoms with Crippen LogP contribution in [0, 0.1) is 6.92 Å². The molecule has 18 heavy (non-hydrogen) atoms. The van der Waals surface area contributed by atoms with Gasteiger partial charge in [0.05, 0.1) is 0 Å². The van der Waals surface area contributed by atoms with E-state index in [0.29, 0.717) is 5.25 Å². The van der Waals surface area contributed by atoms with Crippen molar-refractivity contribution in [3.63, 3.8) is 0 Å². The molecule has 0 aliphatic carbocycles. The first-order valence-electron chi connectivity index (χ1n) is 6.02. The molecule has 0 bridgehead atoms. The molecule has 0 amide bonds. The molecule has 0 unspecified atom stereocenters. The zero-order valence-corrected chi connectivity index (χ0v) is 11.7. The number of hydrogen-bond donors (Lipinski definition) is 0. The molecule has 1 heterocycles. The first-order chi connectivity index (χ1) is 8.56. The van der Waals surface area contributed by atoms with Crippen molar-refractivity contribution in [2.45, 2.75) is 30.9 Å². The highest BCUT2D eigenvalue weighted by molar-refractivity contribution is 7.99. The van der Waals surface area contributed by atoms with Crippen molar-refractivity contribution < 1.29 is 0 Å². The lowest BCUT2D eigenvalue weighted by molar-refractivity contribution is 0.974. The van der Waals surface area contributed by atoms with Gasteiger partial charge >= 0.3 is 0 Å². The predicted octanol–water partition coefficient (Wildman–Crippen LogP) is 3.65. The molecule has 0 aliphatic heterocycles. The Hall–Kier alpha value is -1.48. The van der Waals surface area contributed by atoms with E-state index < -0.39 is 0 Å². The summed E-state index contributed by atoms with van der Waals surface area (Å²) in [4.78, 5) is 13.0. The number of nitrogens with zero attached hydrogens (tertiary/aromatic N) is 1. The molecule has 0 atom stereocenters. The Kier molecular flexibility index (Phi) is 3.92. The second kappa shape index (κ2) is 5.44. The third-order valence-corrected chi connectivity index (χ3v) is 3.56. The van der Waals surface area contributed by atoms with E-state index in [0.717, 1.165) is 11.3 Å². The highest BCUT2D eigenvalue weighted by Gasteiger charge is 2.01. The summed E-state index contributed by atoms with van der Waals surface area (Å²) in [6.07, 6.45) is 1.87. The Morgan fingerprint density at radius 3 is 2.33 bits per heavy atom. The summed E-state index contributed by atoms with van der Waals surface area (Å²) in [6, 6.07) is 11.6. The van der Waals surface area contributed by atoms with E-state index in [1.165, 1.54) is 4.90 Å². The molecule has 1 aromatic heterocycles. The van der Waals surface area contributed by atoms with E-state index in [1.54, 1.807) is 10.6 Å². The van der Waals surface area contributed by atoms with Gasteiger partial charge in [-0.05, 0) is 36.8 Å². The van der Waals surface area contributed by atoms with Crippen LogP contribution in [0.2, 0.25) is 0 Å². The molecule has 0 aliphatic rings. The van der Waals surface area contributed by atoms with Crippen molar-refractivity contribution in [1.82, 2.24) is 4.57 Å². The van der Waals surface area contributed by atoms with Crippen LogP contribution in [0.5, 0.6) is 0 Å². The normalized spacial score (nSPS) is 10.9. The zero-order chi connectivity index (χ0) is 13.1. The lowest BCUT2D eigenvalue weighted by Gasteiger charge is -2.08. The lowest BCUT2D eigenvalue weighted by Crippen LogP contribution is -2.16. The zero-order valence-electron chi connectivity index (χ0n) is 10.9. The van der Waals surface area contributed by atoms with Gasteiger partial charge in [-0.25, -0.2) is 0 Å². The van der Waals surface area contributed by atoms with E-state index in [9.17, 15) is 4.79 Å². The Morgan fingerprint density at radius 1 is 1.06 bits per heavy atom. The van der Waals surface area contributed by atoms with Gasteiger partial charge in [0.2, 0.25) is 0 Å². The third-order valence-electron chi connectivity index (χ3n) is 2.55. The van der Waals surface area contributed by atoms with Gasteiger partial charge in [-0.3, -0.25) is 9.36 Å². The van der Waals surface area contributed by atoms with Crippen LogP contribution in [0.4, 0.5) is 0 Å². The van der Waals surface area contributed by atoms with E-state index >= 15 is 0 Å². The van der Waals surface area contributed by atoms with Crippen LogP contribution < -0.4 is 5.56 Å². The average Bonchev–Trinajstić information content (AvgIpc) is 2.33. The molecular weight excluding hydrogens is 242 g/mol. The summed E-state index contributed by atoms with van der Waals surface area (Å²) in [6.45, 7) is 6.33. The van der Waals surface area contributed by atoms with Crippen LogP contribution in [0.3, 0.4) is 0 Å². The quantitative estimate of drug-likeness (QED) is 0.785. The molecular formula is C15H17NOS. The standard InChI is InChI=1S/C15H17NOS/c1-11(2)18-14-7-5-13(6-8-14)16-10-12(3)4-9-15(16)17/h4-11H,1-3H3. The fourth-order valence-electron chi connectivity index (χ4n) is 1.75. The maximum Gasteiger partial charge on any atom is 0.255 e. The minimum Gasteiger partial charge on any atom is -0.284 e. The average molecular weight is 259 g/mol. The molecule has 2 nitrogen and oxygen atoms in total. The van der Waals surface area contributed by atoms with E-state index in [2.05, 4.69) is 26.0 Å². The van der Waals surface area contributed by atoms with E-state index in [-0.39, 0.29) is 5.56 Å². The number of hydrogen-bond acceptors (Lipinski definition) is 2. The second-order valence-corrected chi connectivity index (χ2v) is 6.23. The summed E-state index contributed by atoms with van der Waals surface area (Å²) >= 11 is 1.82. The summed E-state index contributed by atoms with van der Waals surface area (Å²) in [5.41, 5.74) is 2.00. The highest BCUT2D eigenvalue weighted by atomic mass is 32.2. The summed E-state index contributed by atoms with van der Waals surface area (Å²) in [7, 11) is 0. The summed E-state index contributed by atoms with van der Waals surface area (Å²) in [5, 5.41) is 0.567. The first kappa shape index (κ1) is 13.0. The minimum absolute atomic E-state index is 0.00450. The van der Waals surface area contributed by atoms with Crippen LogP contribution in [0.25, 0.3) is 5.69 Å². The summed E-state index contributed by atoms with van der Waals surface area (Å²) in [5.74, 6) is 0. The van der Waals surface area contributed by atoms with Crippen LogP contribution in [-0.4, -0.2) is 9.82 Å². The largest absolute Gasteiger partial charge is 0.284 e. The molecule has 2 rings (SSSR count). The molecule has 94 valence electrons. The van der Waals surface area contributed by atoms with Gasteiger partial charge < -0.3 is 0 Å². The fourth-order valence-corrected chi connectivity index (χ4v) is 2.59. The monoisotopic (exact) mass is 259 g/mol. The minimum atomic E-state index is 0.00450. The Balaban J connectivity index is 2.34. The van der Waals surface area contributed by atoms with Crippen LogP contribution in [0.15, 0.2) is 52.3 Å². The van der Waals surface area contributed by atoms with Gasteiger partial charge in [0.25, 0.3) is 5.56 Å². The van der Waals surface area contributed by atoms with Crippen molar-refractivity contribution in [3.05, 3.63) is 58.5 Å². The van der Waals surface area contributed by atoms with E-state index in [4.69, 9.17) is 0 Å². The molecule has 0 saturated heterocycles. The lowest BCUT2D eigenvalue weighted by atomic mass is 10.2. The molecule has 3 heteroatoms. The Labute approximate surface area is 112 Å². The van der Waals surface area contributed by atoms with E-state index in [1.807, 2.05) is 43.1 Å². The summed E-state index contributed by atoms with van der Waals surface area (Å²) < 4.78 is 1.68. The second-order valence-electron chi connectivity index (χ2n) is 4.58. The van der Waals surface area contributed by atoms with Gasteiger partial charge in [0, 0.05) is 28.1 Å². The van der Waals surface area contributed by atoms with Gasteiger partial charge in [0.15, 0.2) is 0 Å². The van der Waals surface area contributed by atoms with Gasteiger partial charge in [-0.2, -0.15) is 0 Å². The number of benzene rings is 1. The van der Waals surface area contributed by atoms with Gasteiger partial charge in [0.1, 0.15) is 0 Å². The fraction of sp³-hybridized carbons (Fsp3) is 0.267. The van der Waals surface area contributed by atoms with Crippen molar-refractivity contribution in [1.29, 1.82) is 0 Å². The molecule has 0 fully saturated rings. The highest BCUT2D eigenvalue weighted by Crippen LogP contribution is 2.23. The van der Waals surface area contributed by atoms with Crippen LogP contribution in [-0.2, 0) is 0 Å². The maximum absolute atomic E-state index is 11.8. The Bertz CT molecular complexity index is 584. The van der Waals surface area contributed by atoms with Crippen LogP contribution >= 0.6 is 11.8 Å². The smallest absolute Gasteiger partial charge is 0.255 e. The van der Waals surface area contributed by atoms with Crippen LogP contribution in [0.1, 0.15) is 19.4 Å². The number of aryl methyl sites for hydroxylation is 1. The maximum atomic E-state index is 11.8. The molecule has 2 aromatic rings. The first-order valence-corrected chi connectivity index (χ1v) is 6.90. The van der Waals surface area contributed by atoms with Crippen molar-refractivity contribution in [2.75, 3.05) is 0 Å².